The highest BCUT2D eigenvalue weighted by Gasteiger charge is 1.96. The summed E-state index contributed by atoms with van der Waals surface area (Å²) in [5.74, 6) is -0.484. The second-order valence-electron chi connectivity index (χ2n) is 2.85. The highest BCUT2D eigenvalue weighted by Crippen LogP contribution is 2.09. The highest BCUT2D eigenvalue weighted by atomic mass is 19.1. The summed E-state index contributed by atoms with van der Waals surface area (Å²) in [7, 11) is 0. The molecule has 14 heavy (non-hydrogen) atoms. The maximum atomic E-state index is 12.7. The van der Waals surface area contributed by atoms with E-state index in [2.05, 4.69) is 10.3 Å². The van der Waals surface area contributed by atoms with E-state index in [9.17, 15) is 4.39 Å². The molecule has 2 aromatic rings. The fraction of sp³-hybridized carbons (Fsp3) is 0.100. The Morgan fingerprint density at radius 1 is 1.43 bits per heavy atom. The monoisotopic (exact) mass is 192 g/mol. The second kappa shape index (κ2) is 3.91. The van der Waals surface area contributed by atoms with Crippen LogP contribution in [0.3, 0.4) is 0 Å². The first-order valence-electron chi connectivity index (χ1n) is 4.21. The summed E-state index contributed by atoms with van der Waals surface area (Å²) in [6, 6.07) is 4.91. The van der Waals surface area contributed by atoms with Crippen LogP contribution in [0, 0.1) is 5.95 Å². The molecular formula is C10H9FN2O. The van der Waals surface area contributed by atoms with Crippen LogP contribution in [-0.2, 0) is 6.54 Å². The molecule has 0 saturated carbocycles. The molecule has 0 radical (unpaired) electrons. The zero-order valence-corrected chi connectivity index (χ0v) is 7.40. The normalized spacial score (nSPS) is 10.1. The smallest absolute Gasteiger partial charge is 0.214 e. The fourth-order valence-electron chi connectivity index (χ4n) is 1.11. The van der Waals surface area contributed by atoms with E-state index in [1.54, 1.807) is 18.6 Å². The molecule has 2 aromatic heterocycles. The highest BCUT2D eigenvalue weighted by molar-refractivity contribution is 5.41. The topological polar surface area (TPSA) is 38.1 Å². The quantitative estimate of drug-likeness (QED) is 0.759. The van der Waals surface area contributed by atoms with Crippen LogP contribution in [0.4, 0.5) is 10.1 Å². The predicted molar refractivity (Wildman–Crippen MR) is 50.2 cm³/mol. The average molecular weight is 192 g/mol. The van der Waals surface area contributed by atoms with Gasteiger partial charge in [-0.1, -0.05) is 0 Å². The van der Waals surface area contributed by atoms with Gasteiger partial charge in [0.15, 0.2) is 0 Å². The zero-order valence-electron chi connectivity index (χ0n) is 7.40. The van der Waals surface area contributed by atoms with Gasteiger partial charge in [0.1, 0.15) is 0 Å². The molecule has 0 saturated heterocycles. The minimum Gasteiger partial charge on any atom is -0.472 e. The minimum absolute atomic E-state index is 0.484. The van der Waals surface area contributed by atoms with Gasteiger partial charge in [0.2, 0.25) is 5.95 Å². The van der Waals surface area contributed by atoms with Crippen LogP contribution in [-0.4, -0.2) is 4.98 Å². The summed E-state index contributed by atoms with van der Waals surface area (Å²) in [4.78, 5) is 3.46. The SMILES string of the molecule is Fc1cc(NCc2ccoc2)ccn1. The van der Waals surface area contributed by atoms with E-state index in [1.165, 1.54) is 12.3 Å². The lowest BCUT2D eigenvalue weighted by atomic mass is 10.3. The van der Waals surface area contributed by atoms with E-state index in [0.29, 0.717) is 12.2 Å². The number of rotatable bonds is 3. The third kappa shape index (κ3) is 2.10. The van der Waals surface area contributed by atoms with Crippen LogP contribution in [0.5, 0.6) is 0 Å². The lowest BCUT2D eigenvalue weighted by molar-refractivity contribution is 0.564. The molecule has 2 heterocycles. The third-order valence-corrected chi connectivity index (χ3v) is 1.80. The van der Waals surface area contributed by atoms with Crippen molar-refractivity contribution in [3.05, 3.63) is 48.4 Å². The Kier molecular flexibility index (Phi) is 2.44. The molecule has 0 aliphatic carbocycles. The van der Waals surface area contributed by atoms with E-state index >= 15 is 0 Å². The summed E-state index contributed by atoms with van der Waals surface area (Å²) in [6.45, 7) is 0.611. The molecular weight excluding hydrogens is 183 g/mol. The molecule has 3 nitrogen and oxygen atoms in total. The lowest BCUT2D eigenvalue weighted by Crippen LogP contribution is -1.98. The van der Waals surface area contributed by atoms with Gasteiger partial charge >= 0.3 is 0 Å². The van der Waals surface area contributed by atoms with Crippen molar-refractivity contribution in [2.24, 2.45) is 0 Å². The van der Waals surface area contributed by atoms with Gasteiger partial charge in [-0.3, -0.25) is 0 Å². The van der Waals surface area contributed by atoms with Crippen LogP contribution in [0.15, 0.2) is 41.3 Å². The molecule has 2 rings (SSSR count). The Morgan fingerprint density at radius 2 is 2.36 bits per heavy atom. The standard InChI is InChI=1S/C10H9FN2O/c11-10-5-9(1-3-12-10)13-6-8-2-4-14-7-8/h1-5,7H,6H2,(H,12,13). The maximum absolute atomic E-state index is 12.7. The van der Waals surface area contributed by atoms with Crippen molar-refractivity contribution in [1.29, 1.82) is 0 Å². The number of anilines is 1. The van der Waals surface area contributed by atoms with Gasteiger partial charge in [0.05, 0.1) is 12.5 Å². The van der Waals surface area contributed by atoms with E-state index < -0.39 is 5.95 Å². The molecule has 0 aliphatic heterocycles. The molecule has 72 valence electrons. The van der Waals surface area contributed by atoms with Crippen LogP contribution in [0.25, 0.3) is 0 Å². The number of hydrogen-bond acceptors (Lipinski definition) is 3. The second-order valence-corrected chi connectivity index (χ2v) is 2.85. The molecule has 0 amide bonds. The number of nitrogens with zero attached hydrogens (tertiary/aromatic N) is 1. The summed E-state index contributed by atoms with van der Waals surface area (Å²) >= 11 is 0. The maximum Gasteiger partial charge on any atom is 0.214 e. The van der Waals surface area contributed by atoms with Gasteiger partial charge in [-0.15, -0.1) is 0 Å². The van der Waals surface area contributed by atoms with Crippen molar-refractivity contribution in [2.75, 3.05) is 5.32 Å². The van der Waals surface area contributed by atoms with Gasteiger partial charge in [0, 0.05) is 30.1 Å². The molecule has 0 aromatic carbocycles. The minimum atomic E-state index is -0.484. The van der Waals surface area contributed by atoms with Gasteiger partial charge in [-0.05, 0) is 12.1 Å². The van der Waals surface area contributed by atoms with Gasteiger partial charge < -0.3 is 9.73 Å². The van der Waals surface area contributed by atoms with E-state index in [-0.39, 0.29) is 0 Å². The van der Waals surface area contributed by atoms with E-state index in [4.69, 9.17) is 4.42 Å². The van der Waals surface area contributed by atoms with Crippen LogP contribution < -0.4 is 5.32 Å². The fourth-order valence-corrected chi connectivity index (χ4v) is 1.11. The van der Waals surface area contributed by atoms with Crippen LogP contribution in [0.1, 0.15) is 5.56 Å². The van der Waals surface area contributed by atoms with E-state index in [1.807, 2.05) is 6.07 Å². The van der Waals surface area contributed by atoms with Gasteiger partial charge in [-0.25, -0.2) is 4.98 Å². The first kappa shape index (κ1) is 8.74. The molecule has 0 fully saturated rings. The number of aromatic nitrogens is 1. The Balaban J connectivity index is 1.98. The Bertz CT molecular complexity index is 400. The first-order chi connectivity index (χ1) is 6.84. The Morgan fingerprint density at radius 3 is 3.07 bits per heavy atom. The summed E-state index contributed by atoms with van der Waals surface area (Å²) in [5.41, 5.74) is 1.72. The van der Waals surface area contributed by atoms with E-state index in [0.717, 1.165) is 5.56 Å². The lowest BCUT2D eigenvalue weighted by Gasteiger charge is -2.03. The molecule has 0 atom stereocenters. The summed E-state index contributed by atoms with van der Waals surface area (Å²) < 4.78 is 17.6. The number of pyridine rings is 1. The van der Waals surface area contributed by atoms with Gasteiger partial charge in [0.25, 0.3) is 0 Å². The molecule has 0 aliphatic rings. The molecule has 0 spiro atoms. The largest absolute Gasteiger partial charge is 0.472 e. The molecule has 0 bridgehead atoms. The zero-order chi connectivity index (χ0) is 9.80. The number of hydrogen-bond donors (Lipinski definition) is 1. The predicted octanol–water partition coefficient (Wildman–Crippen LogP) is 2.43. The molecule has 0 unspecified atom stereocenters. The third-order valence-electron chi connectivity index (χ3n) is 1.80. The number of nitrogens with one attached hydrogen (secondary N) is 1. The first-order valence-corrected chi connectivity index (χ1v) is 4.21. The van der Waals surface area contributed by atoms with Crippen molar-refractivity contribution < 1.29 is 8.81 Å². The number of halogens is 1. The van der Waals surface area contributed by atoms with Crippen molar-refractivity contribution in [3.8, 4) is 0 Å². The summed E-state index contributed by atoms with van der Waals surface area (Å²) in [5, 5.41) is 3.05. The van der Waals surface area contributed by atoms with Crippen molar-refractivity contribution in [3.63, 3.8) is 0 Å². The van der Waals surface area contributed by atoms with Crippen molar-refractivity contribution in [1.82, 2.24) is 4.98 Å². The average Bonchev–Trinajstić information content (AvgIpc) is 2.67. The van der Waals surface area contributed by atoms with Crippen LogP contribution >= 0.6 is 0 Å². The molecule has 1 N–H and O–H groups in total. The Hall–Kier alpha value is -1.84. The summed E-state index contributed by atoms with van der Waals surface area (Å²) in [6.07, 6.45) is 4.67. The van der Waals surface area contributed by atoms with Crippen molar-refractivity contribution >= 4 is 5.69 Å². The Labute approximate surface area is 80.6 Å². The van der Waals surface area contributed by atoms with Gasteiger partial charge in [-0.2, -0.15) is 4.39 Å². The van der Waals surface area contributed by atoms with Crippen molar-refractivity contribution in [2.45, 2.75) is 6.54 Å². The van der Waals surface area contributed by atoms with Crippen LogP contribution in [0.2, 0.25) is 0 Å². The molecule has 4 heteroatoms. The number of furan rings is 1.